The quantitative estimate of drug-likeness (QED) is 0.660. The van der Waals surface area contributed by atoms with E-state index in [1.807, 2.05) is 0 Å². The van der Waals surface area contributed by atoms with Gasteiger partial charge in [0.1, 0.15) is 4.88 Å². The van der Waals surface area contributed by atoms with Gasteiger partial charge >= 0.3 is 0 Å². The Morgan fingerprint density at radius 2 is 2.62 bits per heavy atom. The van der Waals surface area contributed by atoms with E-state index in [1.54, 1.807) is 4.90 Å². The second-order valence-electron chi connectivity index (χ2n) is 2.92. The number of nitrogens with zero attached hydrogens (tertiary/aromatic N) is 3. The molecule has 1 aliphatic rings. The molecular formula is C7H8ClN3OS. The molecule has 0 bridgehead atoms. The monoisotopic (exact) mass is 217 g/mol. The Hall–Kier alpha value is -0.680. The van der Waals surface area contributed by atoms with Gasteiger partial charge in [-0.25, -0.2) is 0 Å². The van der Waals surface area contributed by atoms with Gasteiger partial charge in [-0.15, -0.1) is 16.7 Å². The Kier molecular flexibility index (Phi) is 2.46. The van der Waals surface area contributed by atoms with E-state index in [9.17, 15) is 4.79 Å². The van der Waals surface area contributed by atoms with Gasteiger partial charge in [-0.3, -0.25) is 4.79 Å². The average molecular weight is 218 g/mol. The topological polar surface area (TPSA) is 46.1 Å². The minimum atomic E-state index is -0.00171. The van der Waals surface area contributed by atoms with Gasteiger partial charge in [0.25, 0.3) is 5.91 Å². The summed E-state index contributed by atoms with van der Waals surface area (Å²) in [6.07, 6.45) is 2.37. The normalized spacial score (nSPS) is 22.2. The third kappa shape index (κ3) is 1.81. The first kappa shape index (κ1) is 8.90. The largest absolute Gasteiger partial charge is 0.336 e. The van der Waals surface area contributed by atoms with Gasteiger partial charge in [0.15, 0.2) is 0 Å². The number of hydrogen-bond donors (Lipinski definition) is 0. The Bertz CT molecular complexity index is 303. The first-order chi connectivity index (χ1) is 6.27. The number of likely N-dealkylation sites (tertiary alicyclic amines) is 1. The molecule has 0 aromatic carbocycles. The molecule has 2 rings (SSSR count). The molecule has 1 aromatic heterocycles. The van der Waals surface area contributed by atoms with Crippen LogP contribution in [0.4, 0.5) is 0 Å². The van der Waals surface area contributed by atoms with E-state index >= 15 is 0 Å². The number of amides is 1. The predicted molar refractivity (Wildman–Crippen MR) is 50.1 cm³/mol. The SMILES string of the molecule is O=C(c1cnns1)N1CCC(Cl)C1. The molecule has 0 radical (unpaired) electrons. The highest BCUT2D eigenvalue weighted by molar-refractivity contribution is 7.07. The number of alkyl halides is 1. The van der Waals surface area contributed by atoms with Gasteiger partial charge in [0.2, 0.25) is 0 Å². The van der Waals surface area contributed by atoms with E-state index in [0.29, 0.717) is 11.4 Å². The van der Waals surface area contributed by atoms with Crippen LogP contribution in [-0.2, 0) is 0 Å². The van der Waals surface area contributed by atoms with Crippen LogP contribution in [0.15, 0.2) is 6.20 Å². The van der Waals surface area contributed by atoms with Gasteiger partial charge < -0.3 is 4.90 Å². The number of halogens is 1. The molecule has 0 aliphatic carbocycles. The summed E-state index contributed by atoms with van der Waals surface area (Å²) < 4.78 is 3.64. The summed E-state index contributed by atoms with van der Waals surface area (Å²) in [6, 6.07) is 0. The maximum Gasteiger partial charge on any atom is 0.267 e. The van der Waals surface area contributed by atoms with Crippen LogP contribution in [0.5, 0.6) is 0 Å². The van der Waals surface area contributed by atoms with Crippen LogP contribution in [0.3, 0.4) is 0 Å². The predicted octanol–water partition coefficient (Wildman–Crippen LogP) is 0.991. The van der Waals surface area contributed by atoms with Crippen molar-refractivity contribution in [1.29, 1.82) is 0 Å². The van der Waals surface area contributed by atoms with Gasteiger partial charge in [-0.2, -0.15) is 0 Å². The van der Waals surface area contributed by atoms with Gasteiger partial charge in [0, 0.05) is 13.1 Å². The fraction of sp³-hybridized carbons (Fsp3) is 0.571. The second-order valence-corrected chi connectivity index (χ2v) is 4.32. The molecule has 1 fully saturated rings. The zero-order valence-electron chi connectivity index (χ0n) is 6.81. The number of rotatable bonds is 1. The fourth-order valence-electron chi connectivity index (χ4n) is 1.32. The van der Waals surface area contributed by atoms with Crippen LogP contribution >= 0.6 is 23.1 Å². The standard InChI is InChI=1S/C7H8ClN3OS/c8-5-1-2-11(4-5)7(12)6-3-9-10-13-6/h3,5H,1-2,4H2. The molecule has 1 unspecified atom stereocenters. The zero-order chi connectivity index (χ0) is 9.26. The molecule has 1 amide bonds. The van der Waals surface area contributed by atoms with Crippen molar-refractivity contribution in [3.05, 3.63) is 11.1 Å². The van der Waals surface area contributed by atoms with Gasteiger partial charge in [-0.05, 0) is 18.0 Å². The summed E-state index contributed by atoms with van der Waals surface area (Å²) in [7, 11) is 0. The van der Waals surface area contributed by atoms with Crippen molar-refractivity contribution in [3.63, 3.8) is 0 Å². The van der Waals surface area contributed by atoms with E-state index < -0.39 is 0 Å². The summed E-state index contributed by atoms with van der Waals surface area (Å²) in [5.41, 5.74) is 0. The Balaban J connectivity index is 2.06. The lowest BCUT2D eigenvalue weighted by molar-refractivity contribution is 0.0797. The van der Waals surface area contributed by atoms with Crippen molar-refractivity contribution in [2.24, 2.45) is 0 Å². The van der Waals surface area contributed by atoms with Crippen molar-refractivity contribution in [2.45, 2.75) is 11.8 Å². The molecule has 1 aliphatic heterocycles. The number of hydrogen-bond acceptors (Lipinski definition) is 4. The average Bonchev–Trinajstić information content (AvgIpc) is 2.72. The molecule has 13 heavy (non-hydrogen) atoms. The van der Waals surface area contributed by atoms with Crippen LogP contribution in [0.1, 0.15) is 16.1 Å². The summed E-state index contributed by atoms with van der Waals surface area (Å²) in [6.45, 7) is 1.38. The molecule has 2 heterocycles. The van der Waals surface area contributed by atoms with E-state index in [1.165, 1.54) is 6.20 Å². The Labute approximate surface area is 84.7 Å². The summed E-state index contributed by atoms with van der Waals surface area (Å²) >= 11 is 7.01. The van der Waals surface area contributed by atoms with Crippen molar-refractivity contribution >= 4 is 29.0 Å². The van der Waals surface area contributed by atoms with Crippen LogP contribution < -0.4 is 0 Å². The number of carbonyl (C=O) groups is 1. The summed E-state index contributed by atoms with van der Waals surface area (Å²) in [4.78, 5) is 14.0. The first-order valence-corrected chi connectivity index (χ1v) is 5.19. The Morgan fingerprint density at radius 3 is 3.15 bits per heavy atom. The molecule has 0 spiro atoms. The third-order valence-corrected chi connectivity index (χ3v) is 3.00. The lowest BCUT2D eigenvalue weighted by Gasteiger charge is -2.12. The van der Waals surface area contributed by atoms with Crippen LogP contribution in [0.2, 0.25) is 0 Å². The van der Waals surface area contributed by atoms with Crippen molar-refractivity contribution in [3.8, 4) is 0 Å². The molecular weight excluding hydrogens is 210 g/mol. The third-order valence-electron chi connectivity index (χ3n) is 1.99. The van der Waals surface area contributed by atoms with Gasteiger partial charge in [-0.1, -0.05) is 4.49 Å². The van der Waals surface area contributed by atoms with Crippen LogP contribution in [0, 0.1) is 0 Å². The van der Waals surface area contributed by atoms with E-state index in [4.69, 9.17) is 11.6 Å². The minimum absolute atomic E-state index is 0.00171. The molecule has 6 heteroatoms. The lowest BCUT2D eigenvalue weighted by atomic mass is 10.4. The smallest absolute Gasteiger partial charge is 0.267 e. The maximum atomic E-state index is 11.7. The maximum absolute atomic E-state index is 11.7. The Morgan fingerprint density at radius 1 is 1.77 bits per heavy atom. The van der Waals surface area contributed by atoms with E-state index in [-0.39, 0.29) is 11.3 Å². The summed E-state index contributed by atoms with van der Waals surface area (Å²) in [5, 5.41) is 3.72. The van der Waals surface area contributed by atoms with Crippen LogP contribution in [-0.4, -0.2) is 38.9 Å². The highest BCUT2D eigenvalue weighted by atomic mass is 35.5. The number of aromatic nitrogens is 2. The molecule has 70 valence electrons. The molecule has 4 nitrogen and oxygen atoms in total. The zero-order valence-corrected chi connectivity index (χ0v) is 8.38. The van der Waals surface area contributed by atoms with Crippen molar-refractivity contribution in [1.82, 2.24) is 14.5 Å². The van der Waals surface area contributed by atoms with Crippen molar-refractivity contribution < 1.29 is 4.79 Å². The minimum Gasteiger partial charge on any atom is -0.336 e. The van der Waals surface area contributed by atoms with E-state index in [2.05, 4.69) is 9.59 Å². The van der Waals surface area contributed by atoms with E-state index in [0.717, 1.165) is 24.5 Å². The molecule has 0 saturated carbocycles. The molecule has 1 atom stereocenters. The molecule has 0 N–H and O–H groups in total. The van der Waals surface area contributed by atoms with Gasteiger partial charge in [0.05, 0.1) is 11.6 Å². The second kappa shape index (κ2) is 3.59. The number of carbonyl (C=O) groups excluding carboxylic acids is 1. The highest BCUT2D eigenvalue weighted by Gasteiger charge is 2.26. The fourth-order valence-corrected chi connectivity index (χ4v) is 2.07. The lowest BCUT2D eigenvalue weighted by Crippen LogP contribution is -2.28. The first-order valence-electron chi connectivity index (χ1n) is 3.98. The van der Waals surface area contributed by atoms with Crippen LogP contribution in [0.25, 0.3) is 0 Å². The summed E-state index contributed by atoms with van der Waals surface area (Å²) in [5.74, 6) is -0.00171. The molecule has 1 saturated heterocycles. The molecule has 1 aromatic rings. The highest BCUT2D eigenvalue weighted by Crippen LogP contribution is 2.17. The van der Waals surface area contributed by atoms with Crippen molar-refractivity contribution in [2.75, 3.05) is 13.1 Å².